The lowest BCUT2D eigenvalue weighted by molar-refractivity contribution is 0.0539. The van der Waals surface area contributed by atoms with Crippen LogP contribution in [0.3, 0.4) is 0 Å². The third kappa shape index (κ3) is 2.97. The van der Waals surface area contributed by atoms with E-state index in [9.17, 15) is 4.79 Å². The van der Waals surface area contributed by atoms with E-state index >= 15 is 0 Å². The standard InChI is InChI=1S/C17H24N2O2/c1-12-8-14(17(20)21)5-6-15(12)10-19-11-16-4-3-7-18(16)9-13(19)2/h5-6,8,13,16H,3-4,7,9-11H2,1-2H3,(H,20,21). The van der Waals surface area contributed by atoms with Crippen LogP contribution in [0.2, 0.25) is 0 Å². The number of hydrogen-bond acceptors (Lipinski definition) is 3. The van der Waals surface area contributed by atoms with Gasteiger partial charge in [0, 0.05) is 31.7 Å². The van der Waals surface area contributed by atoms with Crippen molar-refractivity contribution in [2.45, 2.75) is 45.3 Å². The summed E-state index contributed by atoms with van der Waals surface area (Å²) in [7, 11) is 0. The Morgan fingerprint density at radius 2 is 2.19 bits per heavy atom. The maximum atomic E-state index is 11.0. The van der Waals surface area contributed by atoms with E-state index in [0.29, 0.717) is 11.6 Å². The molecule has 21 heavy (non-hydrogen) atoms. The predicted molar refractivity (Wildman–Crippen MR) is 82.6 cm³/mol. The van der Waals surface area contributed by atoms with Crippen LogP contribution in [0, 0.1) is 6.92 Å². The van der Waals surface area contributed by atoms with E-state index < -0.39 is 5.97 Å². The monoisotopic (exact) mass is 288 g/mol. The second-order valence-electron chi connectivity index (χ2n) is 6.52. The van der Waals surface area contributed by atoms with Crippen LogP contribution in [-0.2, 0) is 6.54 Å². The molecule has 1 aromatic carbocycles. The first-order chi connectivity index (χ1) is 10.0. The first kappa shape index (κ1) is 14.5. The number of fused-ring (bicyclic) bond motifs is 1. The Bertz CT molecular complexity index is 544. The lowest BCUT2D eigenvalue weighted by Gasteiger charge is -2.42. The van der Waals surface area contributed by atoms with Gasteiger partial charge in [0.2, 0.25) is 0 Å². The highest BCUT2D eigenvalue weighted by molar-refractivity contribution is 5.87. The molecule has 4 nitrogen and oxygen atoms in total. The zero-order chi connectivity index (χ0) is 15.0. The summed E-state index contributed by atoms with van der Waals surface area (Å²) < 4.78 is 0. The summed E-state index contributed by atoms with van der Waals surface area (Å²) in [5.74, 6) is -0.849. The summed E-state index contributed by atoms with van der Waals surface area (Å²) in [5.41, 5.74) is 2.71. The molecule has 114 valence electrons. The van der Waals surface area contributed by atoms with Gasteiger partial charge >= 0.3 is 5.97 Å². The lowest BCUT2D eigenvalue weighted by Crippen LogP contribution is -2.54. The van der Waals surface area contributed by atoms with Crippen LogP contribution in [0.5, 0.6) is 0 Å². The number of carboxylic acids is 1. The van der Waals surface area contributed by atoms with Gasteiger partial charge in [-0.2, -0.15) is 0 Å². The molecule has 0 bridgehead atoms. The van der Waals surface area contributed by atoms with E-state index in [1.165, 1.54) is 24.9 Å². The highest BCUT2D eigenvalue weighted by Crippen LogP contribution is 2.26. The topological polar surface area (TPSA) is 43.8 Å². The normalized spacial score (nSPS) is 26.8. The largest absolute Gasteiger partial charge is 0.478 e. The van der Waals surface area contributed by atoms with E-state index in [1.54, 1.807) is 12.1 Å². The number of rotatable bonds is 3. The number of aromatic carboxylic acids is 1. The number of carboxylic acid groups (broad SMARTS) is 1. The van der Waals surface area contributed by atoms with Gasteiger partial charge in [-0.05, 0) is 56.5 Å². The maximum absolute atomic E-state index is 11.0. The molecule has 1 aromatic rings. The van der Waals surface area contributed by atoms with Crippen LogP contribution in [0.25, 0.3) is 0 Å². The summed E-state index contributed by atoms with van der Waals surface area (Å²) in [5, 5.41) is 9.05. The fourth-order valence-electron chi connectivity index (χ4n) is 3.69. The molecule has 2 aliphatic rings. The van der Waals surface area contributed by atoms with Gasteiger partial charge in [-0.15, -0.1) is 0 Å². The Labute approximate surface area is 126 Å². The van der Waals surface area contributed by atoms with Crippen molar-refractivity contribution >= 4 is 5.97 Å². The number of hydrogen-bond donors (Lipinski definition) is 1. The van der Waals surface area contributed by atoms with Crippen LogP contribution in [-0.4, -0.2) is 52.6 Å². The van der Waals surface area contributed by atoms with Gasteiger partial charge in [-0.1, -0.05) is 6.07 Å². The molecule has 0 saturated carbocycles. The van der Waals surface area contributed by atoms with Gasteiger partial charge in [0.25, 0.3) is 0 Å². The number of carbonyl (C=O) groups is 1. The van der Waals surface area contributed by atoms with E-state index in [1.807, 2.05) is 13.0 Å². The van der Waals surface area contributed by atoms with Crippen molar-refractivity contribution in [1.29, 1.82) is 0 Å². The molecule has 2 unspecified atom stereocenters. The fraction of sp³-hybridized carbons (Fsp3) is 0.588. The van der Waals surface area contributed by atoms with Crippen molar-refractivity contribution in [2.75, 3.05) is 19.6 Å². The molecule has 0 radical (unpaired) electrons. The Hall–Kier alpha value is -1.39. The Kier molecular flexibility index (Phi) is 4.00. The molecule has 2 atom stereocenters. The molecule has 0 aromatic heterocycles. The van der Waals surface area contributed by atoms with E-state index in [-0.39, 0.29) is 0 Å². The highest BCUT2D eigenvalue weighted by atomic mass is 16.4. The number of aryl methyl sites for hydroxylation is 1. The van der Waals surface area contributed by atoms with Crippen molar-refractivity contribution in [3.63, 3.8) is 0 Å². The van der Waals surface area contributed by atoms with Crippen LogP contribution in [0.4, 0.5) is 0 Å². The van der Waals surface area contributed by atoms with Crippen LogP contribution < -0.4 is 0 Å². The van der Waals surface area contributed by atoms with Gasteiger partial charge in [-0.3, -0.25) is 9.80 Å². The van der Waals surface area contributed by atoms with Gasteiger partial charge < -0.3 is 5.11 Å². The molecule has 4 heteroatoms. The van der Waals surface area contributed by atoms with Gasteiger partial charge in [-0.25, -0.2) is 4.79 Å². The van der Waals surface area contributed by atoms with Crippen LogP contribution >= 0.6 is 0 Å². The summed E-state index contributed by atoms with van der Waals surface area (Å²) in [6.45, 7) is 8.80. The zero-order valence-electron chi connectivity index (χ0n) is 12.9. The van der Waals surface area contributed by atoms with E-state index in [2.05, 4.69) is 16.7 Å². The maximum Gasteiger partial charge on any atom is 0.335 e. The first-order valence-corrected chi connectivity index (χ1v) is 7.85. The van der Waals surface area contributed by atoms with Crippen molar-refractivity contribution in [2.24, 2.45) is 0 Å². The van der Waals surface area contributed by atoms with Gasteiger partial charge in [0.15, 0.2) is 0 Å². The van der Waals surface area contributed by atoms with Crippen molar-refractivity contribution < 1.29 is 9.90 Å². The molecule has 2 aliphatic heterocycles. The van der Waals surface area contributed by atoms with Crippen molar-refractivity contribution in [1.82, 2.24) is 9.80 Å². The van der Waals surface area contributed by atoms with Crippen LogP contribution in [0.1, 0.15) is 41.3 Å². The van der Waals surface area contributed by atoms with Crippen molar-refractivity contribution in [3.05, 3.63) is 34.9 Å². The molecule has 3 rings (SSSR count). The molecular formula is C17H24N2O2. The van der Waals surface area contributed by atoms with Gasteiger partial charge in [0.05, 0.1) is 5.56 Å². The Morgan fingerprint density at radius 3 is 2.90 bits per heavy atom. The molecule has 2 saturated heterocycles. The summed E-state index contributed by atoms with van der Waals surface area (Å²) in [6, 6.07) is 6.78. The molecule has 0 aliphatic carbocycles. The smallest absolute Gasteiger partial charge is 0.335 e. The Balaban J connectivity index is 1.72. The third-order valence-electron chi connectivity index (χ3n) is 5.03. The zero-order valence-corrected chi connectivity index (χ0v) is 12.9. The summed E-state index contributed by atoms with van der Waals surface area (Å²) in [4.78, 5) is 16.2. The van der Waals surface area contributed by atoms with Crippen LogP contribution in [0.15, 0.2) is 18.2 Å². The number of benzene rings is 1. The molecule has 2 fully saturated rings. The summed E-state index contributed by atoms with van der Waals surface area (Å²) >= 11 is 0. The Morgan fingerprint density at radius 1 is 1.38 bits per heavy atom. The van der Waals surface area contributed by atoms with Gasteiger partial charge in [0.1, 0.15) is 0 Å². The van der Waals surface area contributed by atoms with Crippen molar-refractivity contribution in [3.8, 4) is 0 Å². The molecule has 0 spiro atoms. The number of nitrogens with zero attached hydrogens (tertiary/aromatic N) is 2. The molecule has 0 amide bonds. The second-order valence-corrected chi connectivity index (χ2v) is 6.52. The second kappa shape index (κ2) is 5.78. The average molecular weight is 288 g/mol. The lowest BCUT2D eigenvalue weighted by atomic mass is 10.0. The number of piperazine rings is 1. The predicted octanol–water partition coefficient (Wildman–Crippen LogP) is 2.36. The quantitative estimate of drug-likeness (QED) is 0.927. The molecule has 1 N–H and O–H groups in total. The van der Waals surface area contributed by atoms with E-state index in [4.69, 9.17) is 5.11 Å². The average Bonchev–Trinajstić information content (AvgIpc) is 2.88. The summed E-state index contributed by atoms with van der Waals surface area (Å²) in [6.07, 6.45) is 2.65. The first-order valence-electron chi connectivity index (χ1n) is 7.85. The minimum absolute atomic E-state index is 0.380. The molecule has 2 heterocycles. The highest BCUT2D eigenvalue weighted by Gasteiger charge is 2.34. The fourth-order valence-corrected chi connectivity index (χ4v) is 3.69. The van der Waals surface area contributed by atoms with E-state index in [0.717, 1.165) is 31.2 Å². The minimum atomic E-state index is -0.849. The SMILES string of the molecule is Cc1cc(C(=O)O)ccc1CN1CC2CCCN2CC1C. The minimum Gasteiger partial charge on any atom is -0.478 e. The molecular weight excluding hydrogens is 264 g/mol. The third-order valence-corrected chi connectivity index (χ3v) is 5.03.